The second kappa shape index (κ2) is 6.51. The van der Waals surface area contributed by atoms with Gasteiger partial charge in [-0.25, -0.2) is 4.39 Å². The van der Waals surface area contributed by atoms with Crippen molar-refractivity contribution in [3.8, 4) is 11.1 Å². The minimum atomic E-state index is -0.250. The maximum atomic E-state index is 13.8. The summed E-state index contributed by atoms with van der Waals surface area (Å²) in [5, 5.41) is 10.1. The van der Waals surface area contributed by atoms with Gasteiger partial charge in [0, 0.05) is 16.8 Å². The van der Waals surface area contributed by atoms with Crippen molar-refractivity contribution in [3.63, 3.8) is 0 Å². The van der Waals surface area contributed by atoms with Crippen LogP contribution < -0.4 is 5.32 Å². The van der Waals surface area contributed by atoms with Crippen LogP contribution in [-0.4, -0.2) is 16.1 Å². The van der Waals surface area contributed by atoms with Crippen molar-refractivity contribution >= 4 is 11.7 Å². The zero-order valence-electron chi connectivity index (χ0n) is 13.7. The molecule has 2 aromatic carbocycles. The summed E-state index contributed by atoms with van der Waals surface area (Å²) in [4.78, 5) is 12.3. The van der Waals surface area contributed by atoms with Crippen LogP contribution in [0.25, 0.3) is 11.1 Å². The van der Waals surface area contributed by atoms with Crippen LogP contribution in [0.4, 0.5) is 10.2 Å². The number of carbonyl (C=O) groups is 1. The molecule has 25 heavy (non-hydrogen) atoms. The van der Waals surface area contributed by atoms with Crippen LogP contribution in [0.1, 0.15) is 23.2 Å². The van der Waals surface area contributed by atoms with Gasteiger partial charge in [0.15, 0.2) is 5.82 Å². The SMILES string of the molecule is O=C(Cc1ccc(-c2ccccc2F)cc1)Nc1n[nH]c2c1CCC2. The molecule has 4 rings (SSSR count). The fourth-order valence-corrected chi connectivity index (χ4v) is 3.28. The highest BCUT2D eigenvalue weighted by molar-refractivity contribution is 5.92. The first kappa shape index (κ1) is 15.6. The smallest absolute Gasteiger partial charge is 0.230 e. The molecule has 0 bridgehead atoms. The quantitative estimate of drug-likeness (QED) is 0.760. The van der Waals surface area contributed by atoms with E-state index in [1.165, 1.54) is 6.07 Å². The second-order valence-electron chi connectivity index (χ2n) is 6.28. The predicted molar refractivity (Wildman–Crippen MR) is 94.8 cm³/mol. The highest BCUT2D eigenvalue weighted by atomic mass is 19.1. The number of aromatic amines is 1. The third-order valence-corrected chi connectivity index (χ3v) is 4.57. The van der Waals surface area contributed by atoms with Crippen molar-refractivity contribution in [3.05, 3.63) is 71.2 Å². The van der Waals surface area contributed by atoms with Gasteiger partial charge >= 0.3 is 0 Å². The predicted octanol–water partition coefficient (Wildman–Crippen LogP) is 3.89. The van der Waals surface area contributed by atoms with Crippen molar-refractivity contribution in [1.29, 1.82) is 0 Å². The third kappa shape index (κ3) is 3.18. The van der Waals surface area contributed by atoms with Gasteiger partial charge in [-0.1, -0.05) is 42.5 Å². The van der Waals surface area contributed by atoms with Gasteiger partial charge in [-0.05, 0) is 36.5 Å². The van der Waals surface area contributed by atoms with E-state index in [-0.39, 0.29) is 18.1 Å². The Bertz CT molecular complexity index is 915. The highest BCUT2D eigenvalue weighted by Crippen LogP contribution is 2.26. The molecule has 5 heteroatoms. The van der Waals surface area contributed by atoms with Gasteiger partial charge in [0.2, 0.25) is 5.91 Å². The van der Waals surface area contributed by atoms with E-state index >= 15 is 0 Å². The Morgan fingerprint density at radius 2 is 1.92 bits per heavy atom. The minimum Gasteiger partial charge on any atom is -0.309 e. The number of carbonyl (C=O) groups excluding carboxylic acids is 1. The third-order valence-electron chi connectivity index (χ3n) is 4.57. The normalized spacial score (nSPS) is 12.8. The molecule has 0 saturated carbocycles. The summed E-state index contributed by atoms with van der Waals surface area (Å²) < 4.78 is 13.8. The van der Waals surface area contributed by atoms with Crippen molar-refractivity contribution in [1.82, 2.24) is 10.2 Å². The Morgan fingerprint density at radius 1 is 1.12 bits per heavy atom. The first-order valence-corrected chi connectivity index (χ1v) is 8.40. The van der Waals surface area contributed by atoms with Crippen LogP contribution in [-0.2, 0) is 24.1 Å². The summed E-state index contributed by atoms with van der Waals surface area (Å²) in [5.74, 6) is 0.306. The number of hydrogen-bond acceptors (Lipinski definition) is 2. The molecular formula is C20H18FN3O. The number of aromatic nitrogens is 2. The van der Waals surface area contributed by atoms with Gasteiger partial charge in [0.05, 0.1) is 6.42 Å². The molecule has 1 aliphatic carbocycles. The number of nitrogens with one attached hydrogen (secondary N) is 2. The molecule has 0 radical (unpaired) electrons. The lowest BCUT2D eigenvalue weighted by atomic mass is 10.0. The van der Waals surface area contributed by atoms with Gasteiger partial charge in [0.1, 0.15) is 5.82 Å². The number of halogens is 1. The molecule has 1 aliphatic rings. The summed E-state index contributed by atoms with van der Waals surface area (Å²) in [6.07, 6.45) is 3.32. The fourth-order valence-electron chi connectivity index (χ4n) is 3.28. The summed E-state index contributed by atoms with van der Waals surface area (Å²) in [6.45, 7) is 0. The Kier molecular flexibility index (Phi) is 4.06. The summed E-state index contributed by atoms with van der Waals surface area (Å²) in [5.41, 5.74) is 4.50. The number of aryl methyl sites for hydroxylation is 1. The van der Waals surface area contributed by atoms with E-state index in [0.717, 1.165) is 41.6 Å². The molecule has 0 spiro atoms. The maximum Gasteiger partial charge on any atom is 0.230 e. The Hall–Kier alpha value is -2.95. The molecule has 1 aromatic heterocycles. The van der Waals surface area contributed by atoms with Gasteiger partial charge in [0.25, 0.3) is 0 Å². The van der Waals surface area contributed by atoms with Gasteiger partial charge < -0.3 is 5.32 Å². The molecule has 1 heterocycles. The Labute approximate surface area is 145 Å². The first-order valence-electron chi connectivity index (χ1n) is 8.40. The van der Waals surface area contributed by atoms with Crippen LogP contribution in [0.2, 0.25) is 0 Å². The molecule has 0 aliphatic heterocycles. The van der Waals surface area contributed by atoms with E-state index in [0.29, 0.717) is 11.4 Å². The van der Waals surface area contributed by atoms with E-state index < -0.39 is 0 Å². The Morgan fingerprint density at radius 3 is 2.72 bits per heavy atom. The lowest BCUT2D eigenvalue weighted by Gasteiger charge is -2.06. The number of benzene rings is 2. The summed E-state index contributed by atoms with van der Waals surface area (Å²) in [7, 11) is 0. The first-order chi connectivity index (χ1) is 12.2. The molecule has 0 fully saturated rings. The maximum absolute atomic E-state index is 13.8. The van der Waals surface area contributed by atoms with E-state index in [4.69, 9.17) is 0 Å². The van der Waals surface area contributed by atoms with Crippen molar-refractivity contribution < 1.29 is 9.18 Å². The number of fused-ring (bicyclic) bond motifs is 1. The molecule has 126 valence electrons. The minimum absolute atomic E-state index is 0.0974. The van der Waals surface area contributed by atoms with Gasteiger partial charge in [-0.2, -0.15) is 5.10 Å². The Balaban J connectivity index is 1.44. The van der Waals surface area contributed by atoms with E-state index in [2.05, 4.69) is 15.5 Å². The van der Waals surface area contributed by atoms with Crippen LogP contribution in [0, 0.1) is 5.82 Å². The monoisotopic (exact) mass is 335 g/mol. The molecule has 0 saturated heterocycles. The topological polar surface area (TPSA) is 57.8 Å². The van der Waals surface area contributed by atoms with E-state index in [9.17, 15) is 9.18 Å². The van der Waals surface area contributed by atoms with E-state index in [1.54, 1.807) is 12.1 Å². The summed E-state index contributed by atoms with van der Waals surface area (Å²) in [6, 6.07) is 14.1. The molecule has 4 nitrogen and oxygen atoms in total. The summed E-state index contributed by atoms with van der Waals surface area (Å²) >= 11 is 0. The average molecular weight is 335 g/mol. The molecule has 2 N–H and O–H groups in total. The number of anilines is 1. The number of H-pyrrole nitrogens is 1. The van der Waals surface area contributed by atoms with Gasteiger partial charge in [-0.3, -0.25) is 9.89 Å². The molecule has 0 unspecified atom stereocenters. The lowest BCUT2D eigenvalue weighted by molar-refractivity contribution is -0.115. The lowest BCUT2D eigenvalue weighted by Crippen LogP contribution is -2.15. The fraction of sp³-hybridized carbons (Fsp3) is 0.200. The van der Waals surface area contributed by atoms with Crippen LogP contribution in [0.3, 0.4) is 0 Å². The number of hydrogen-bond donors (Lipinski definition) is 2. The van der Waals surface area contributed by atoms with Gasteiger partial charge in [-0.15, -0.1) is 0 Å². The standard InChI is InChI=1S/C20H18FN3O/c21-17-6-2-1-4-15(17)14-10-8-13(9-11-14)12-19(25)22-20-16-5-3-7-18(16)23-24-20/h1-2,4,6,8-11H,3,5,7,12H2,(H2,22,23,24,25). The van der Waals surface area contributed by atoms with Crippen molar-refractivity contribution in [2.45, 2.75) is 25.7 Å². The number of nitrogens with zero attached hydrogens (tertiary/aromatic N) is 1. The number of rotatable bonds is 4. The van der Waals surface area contributed by atoms with E-state index in [1.807, 2.05) is 30.3 Å². The zero-order valence-corrected chi connectivity index (χ0v) is 13.7. The molecule has 3 aromatic rings. The second-order valence-corrected chi connectivity index (χ2v) is 6.28. The largest absolute Gasteiger partial charge is 0.309 e. The zero-order chi connectivity index (χ0) is 17.2. The molecule has 1 amide bonds. The van der Waals surface area contributed by atoms with Crippen molar-refractivity contribution in [2.24, 2.45) is 0 Å². The average Bonchev–Trinajstić information content (AvgIpc) is 3.21. The highest BCUT2D eigenvalue weighted by Gasteiger charge is 2.19. The van der Waals surface area contributed by atoms with Crippen LogP contribution in [0.5, 0.6) is 0 Å². The van der Waals surface area contributed by atoms with Crippen molar-refractivity contribution in [2.75, 3.05) is 5.32 Å². The van der Waals surface area contributed by atoms with Crippen LogP contribution >= 0.6 is 0 Å². The molecular weight excluding hydrogens is 317 g/mol. The number of amides is 1. The molecule has 0 atom stereocenters. The van der Waals surface area contributed by atoms with Crippen LogP contribution in [0.15, 0.2) is 48.5 Å².